The smallest absolute Gasteiger partial charge is 0.306 e. The molecule has 3 aromatic rings. The van der Waals surface area contributed by atoms with Crippen LogP contribution in [-0.4, -0.2) is 30.7 Å². The number of benzene rings is 1. The van der Waals surface area contributed by atoms with Gasteiger partial charge in [0.15, 0.2) is 0 Å². The fraction of sp³-hybridized carbons (Fsp3) is 0.300. The fourth-order valence-corrected chi connectivity index (χ4v) is 3.51. The number of nitrogens with two attached hydrogens (primary N) is 1. The van der Waals surface area contributed by atoms with E-state index in [1.54, 1.807) is 24.7 Å². The average Bonchev–Trinajstić information content (AvgIpc) is 3.16. The van der Waals surface area contributed by atoms with Crippen LogP contribution >= 0.6 is 0 Å². The van der Waals surface area contributed by atoms with Crippen molar-refractivity contribution in [3.05, 3.63) is 59.8 Å². The number of furan rings is 1. The molecule has 0 spiro atoms. The van der Waals surface area contributed by atoms with Crippen molar-refractivity contribution in [3.8, 4) is 17.4 Å². The number of aromatic hydroxyl groups is 1. The number of phenols is 1. The van der Waals surface area contributed by atoms with E-state index in [4.69, 9.17) is 14.9 Å². The van der Waals surface area contributed by atoms with Crippen molar-refractivity contribution in [2.24, 2.45) is 0 Å². The van der Waals surface area contributed by atoms with Gasteiger partial charge in [-0.25, -0.2) is 4.57 Å². The van der Waals surface area contributed by atoms with Crippen LogP contribution < -0.4 is 19.9 Å². The zero-order valence-electron chi connectivity index (χ0n) is 15.5. The third-order valence-corrected chi connectivity index (χ3v) is 4.84. The van der Waals surface area contributed by atoms with Gasteiger partial charge in [-0.05, 0) is 18.2 Å². The molecular formula is C20H24N4O3+2. The molecule has 4 N–H and O–H groups in total. The van der Waals surface area contributed by atoms with Crippen molar-refractivity contribution in [1.29, 1.82) is 0 Å². The Kier molecular flexibility index (Phi) is 4.45. The van der Waals surface area contributed by atoms with E-state index in [2.05, 4.69) is 19.1 Å². The lowest BCUT2D eigenvalue weighted by Gasteiger charge is -2.25. The van der Waals surface area contributed by atoms with Crippen LogP contribution in [0.3, 0.4) is 0 Å². The quantitative estimate of drug-likeness (QED) is 0.459. The van der Waals surface area contributed by atoms with E-state index in [1.807, 2.05) is 22.8 Å². The summed E-state index contributed by atoms with van der Waals surface area (Å²) in [6.45, 7) is 1.83. The highest BCUT2D eigenvalue weighted by Crippen LogP contribution is 2.48. The second-order valence-electron chi connectivity index (χ2n) is 7.13. The predicted octanol–water partition coefficient (Wildman–Crippen LogP) is 1.07. The summed E-state index contributed by atoms with van der Waals surface area (Å²) in [5.74, 6) is 2.29. The highest BCUT2D eigenvalue weighted by atomic mass is 16.5. The summed E-state index contributed by atoms with van der Waals surface area (Å²) in [6, 6.07) is 8.84. The molecule has 0 fully saturated rings. The number of phenolic OH excluding ortho intramolecular Hbond substituents is 1. The van der Waals surface area contributed by atoms with Gasteiger partial charge in [-0.3, -0.25) is 0 Å². The van der Waals surface area contributed by atoms with Crippen molar-refractivity contribution < 1.29 is 23.7 Å². The Morgan fingerprint density at radius 1 is 1.30 bits per heavy atom. The van der Waals surface area contributed by atoms with E-state index in [0.29, 0.717) is 17.4 Å². The molecule has 2 aromatic heterocycles. The summed E-state index contributed by atoms with van der Waals surface area (Å²) >= 11 is 0. The number of anilines is 1. The monoisotopic (exact) mass is 368 g/mol. The number of quaternary nitrogens is 1. The zero-order chi connectivity index (χ0) is 19.0. The van der Waals surface area contributed by atoms with Gasteiger partial charge in [-0.2, -0.15) is 0 Å². The van der Waals surface area contributed by atoms with Gasteiger partial charge in [0.2, 0.25) is 12.1 Å². The first-order chi connectivity index (χ1) is 13.0. The number of hydrogen-bond acceptors (Lipinski definition) is 5. The first kappa shape index (κ1) is 17.4. The molecule has 0 radical (unpaired) electrons. The summed E-state index contributed by atoms with van der Waals surface area (Å²) in [6.07, 6.45) is 4.35. The Labute approximate surface area is 157 Å². The number of nitrogen functional groups attached to an aromatic ring is 1. The van der Waals surface area contributed by atoms with E-state index in [1.165, 1.54) is 4.90 Å². The third kappa shape index (κ3) is 3.21. The van der Waals surface area contributed by atoms with Gasteiger partial charge in [0.05, 0.1) is 39.4 Å². The Morgan fingerprint density at radius 3 is 2.89 bits per heavy atom. The van der Waals surface area contributed by atoms with E-state index >= 15 is 0 Å². The van der Waals surface area contributed by atoms with Crippen molar-refractivity contribution >= 4 is 5.82 Å². The molecule has 1 aliphatic heterocycles. The number of rotatable bonds is 5. The van der Waals surface area contributed by atoms with Crippen LogP contribution in [-0.2, 0) is 6.54 Å². The van der Waals surface area contributed by atoms with Gasteiger partial charge in [0, 0.05) is 18.1 Å². The van der Waals surface area contributed by atoms with Gasteiger partial charge in [-0.15, -0.1) is 0 Å². The maximum Gasteiger partial charge on any atom is 0.306 e. The van der Waals surface area contributed by atoms with E-state index < -0.39 is 0 Å². The van der Waals surface area contributed by atoms with Gasteiger partial charge in [0.1, 0.15) is 22.8 Å². The van der Waals surface area contributed by atoms with Crippen LogP contribution in [0.5, 0.6) is 17.4 Å². The Morgan fingerprint density at radius 2 is 2.15 bits per heavy atom. The van der Waals surface area contributed by atoms with Crippen LogP contribution in [0.4, 0.5) is 5.82 Å². The summed E-state index contributed by atoms with van der Waals surface area (Å²) < 4.78 is 13.6. The van der Waals surface area contributed by atoms with Gasteiger partial charge in [0.25, 0.3) is 0 Å². The van der Waals surface area contributed by atoms with Crippen LogP contribution in [0, 0.1) is 0 Å². The molecule has 1 aliphatic rings. The van der Waals surface area contributed by atoms with E-state index in [9.17, 15) is 5.11 Å². The molecule has 0 saturated heterocycles. The number of nitrogens with zero attached hydrogens (tertiary/aromatic N) is 2. The first-order valence-corrected chi connectivity index (χ1v) is 9.05. The minimum absolute atomic E-state index is 0.139. The van der Waals surface area contributed by atoms with Crippen molar-refractivity contribution in [1.82, 2.24) is 4.98 Å². The Bertz CT molecular complexity index is 954. The lowest BCUT2D eigenvalue weighted by Crippen LogP contribution is -3.05. The fourth-order valence-electron chi connectivity index (χ4n) is 3.51. The number of aromatic nitrogens is 2. The molecule has 0 saturated carbocycles. The number of fused-ring (bicyclic) bond motifs is 2. The number of nitrogens with one attached hydrogen (secondary N) is 1. The van der Waals surface area contributed by atoms with Crippen LogP contribution in [0.25, 0.3) is 0 Å². The van der Waals surface area contributed by atoms with Crippen molar-refractivity contribution in [3.63, 3.8) is 0 Å². The largest absolute Gasteiger partial charge is 0.508 e. The summed E-state index contributed by atoms with van der Waals surface area (Å²) in [5.41, 5.74) is 8.23. The zero-order valence-corrected chi connectivity index (χ0v) is 15.5. The minimum Gasteiger partial charge on any atom is -0.508 e. The molecule has 0 bridgehead atoms. The molecule has 0 aliphatic carbocycles. The lowest BCUT2D eigenvalue weighted by atomic mass is 9.87. The normalized spacial score (nSPS) is 15.3. The van der Waals surface area contributed by atoms with Gasteiger partial charge < -0.3 is 24.9 Å². The second-order valence-corrected chi connectivity index (χ2v) is 7.13. The summed E-state index contributed by atoms with van der Waals surface area (Å²) in [7, 11) is 4.26. The van der Waals surface area contributed by atoms with Gasteiger partial charge in [-0.1, -0.05) is 11.1 Å². The molecule has 0 amide bonds. The third-order valence-electron chi connectivity index (χ3n) is 4.84. The minimum atomic E-state index is -0.237. The maximum absolute atomic E-state index is 9.84. The lowest BCUT2D eigenvalue weighted by molar-refractivity contribution is -0.861. The van der Waals surface area contributed by atoms with Crippen LogP contribution in [0.2, 0.25) is 0 Å². The highest BCUT2D eigenvalue weighted by Gasteiger charge is 2.37. The molecule has 7 nitrogen and oxygen atoms in total. The predicted molar refractivity (Wildman–Crippen MR) is 99.0 cm³/mol. The Balaban J connectivity index is 1.80. The van der Waals surface area contributed by atoms with Crippen LogP contribution in [0.15, 0.2) is 47.3 Å². The summed E-state index contributed by atoms with van der Waals surface area (Å²) in [4.78, 5) is 5.89. The number of ether oxygens (including phenoxy) is 1. The topological polar surface area (TPSA) is 89.8 Å². The molecular weight excluding hydrogens is 344 g/mol. The molecule has 140 valence electrons. The standard InChI is InChI=1S/C20H22N4O3/c1-23(2)8-4-9-24-12-22-20-18(19(24)21)17(15-5-3-10-26-15)14-7-6-13(25)11-16(14)27-20/h3,5-7,10-12,17,21,25H,4,8-9H2,1-2H3/p+2/t17-/m1/s1. The number of hydrogen-bond donors (Lipinski definition) is 3. The summed E-state index contributed by atoms with van der Waals surface area (Å²) in [5, 5.41) is 9.84. The molecule has 3 heterocycles. The molecule has 1 atom stereocenters. The molecule has 7 heteroatoms. The molecule has 27 heavy (non-hydrogen) atoms. The Hall–Kier alpha value is -3.06. The van der Waals surface area contributed by atoms with Crippen molar-refractivity contribution in [2.75, 3.05) is 26.4 Å². The SMILES string of the molecule is C[NH+](C)CCC[n+]1cnc2c(c1N)[C@@H](c1ccco1)c1ccc(O)cc1O2. The highest BCUT2D eigenvalue weighted by molar-refractivity contribution is 5.60. The van der Waals surface area contributed by atoms with E-state index in [0.717, 1.165) is 36.4 Å². The number of aryl methyl sites for hydroxylation is 1. The van der Waals surface area contributed by atoms with Gasteiger partial charge >= 0.3 is 5.88 Å². The molecule has 1 aromatic carbocycles. The molecule has 4 rings (SSSR count). The maximum atomic E-state index is 9.84. The van der Waals surface area contributed by atoms with Crippen LogP contribution in [0.1, 0.15) is 29.2 Å². The van der Waals surface area contributed by atoms with Crippen molar-refractivity contribution in [2.45, 2.75) is 18.9 Å². The van der Waals surface area contributed by atoms with E-state index in [-0.39, 0.29) is 11.7 Å². The average molecular weight is 368 g/mol. The first-order valence-electron chi connectivity index (χ1n) is 9.05. The second kappa shape index (κ2) is 6.92. The molecule has 0 unspecified atom stereocenters.